The summed E-state index contributed by atoms with van der Waals surface area (Å²) in [5, 5.41) is 0. The monoisotopic (exact) mass is 196 g/mol. The summed E-state index contributed by atoms with van der Waals surface area (Å²) in [4.78, 5) is 1.95. The second-order valence-electron chi connectivity index (χ2n) is 3.66. The highest BCUT2D eigenvalue weighted by Gasteiger charge is 2.23. The fourth-order valence-corrected chi connectivity index (χ4v) is 1.72. The van der Waals surface area contributed by atoms with E-state index in [9.17, 15) is 4.39 Å². The molecule has 0 aromatic heterocycles. The Labute approximate surface area is 82.3 Å². The van der Waals surface area contributed by atoms with Crippen molar-refractivity contribution in [3.63, 3.8) is 0 Å². The maximum absolute atomic E-state index is 13.4. The van der Waals surface area contributed by atoms with E-state index >= 15 is 0 Å². The van der Waals surface area contributed by atoms with E-state index < -0.39 is 5.82 Å². The van der Waals surface area contributed by atoms with Crippen LogP contribution >= 0.6 is 0 Å². The summed E-state index contributed by atoms with van der Waals surface area (Å²) in [6, 6.07) is 3.01. The molecule has 0 amide bonds. The largest absolute Gasteiger partial charge is 0.484 e. The van der Waals surface area contributed by atoms with Gasteiger partial charge in [-0.25, -0.2) is 4.39 Å². The van der Waals surface area contributed by atoms with Crippen LogP contribution in [0.1, 0.15) is 6.92 Å². The fraction of sp³-hybridized carbons (Fsp3) is 0.400. The van der Waals surface area contributed by atoms with Gasteiger partial charge < -0.3 is 15.4 Å². The van der Waals surface area contributed by atoms with E-state index in [2.05, 4.69) is 0 Å². The van der Waals surface area contributed by atoms with Crippen molar-refractivity contribution in [2.24, 2.45) is 0 Å². The molecule has 0 saturated heterocycles. The molecule has 1 aromatic rings. The Balaban J connectivity index is 2.53. The van der Waals surface area contributed by atoms with Crippen LogP contribution < -0.4 is 15.4 Å². The van der Waals surface area contributed by atoms with Crippen LogP contribution in [-0.2, 0) is 0 Å². The van der Waals surface area contributed by atoms with Crippen molar-refractivity contribution in [3.8, 4) is 5.75 Å². The van der Waals surface area contributed by atoms with E-state index in [1.807, 2.05) is 18.9 Å². The first kappa shape index (κ1) is 9.12. The van der Waals surface area contributed by atoms with Crippen molar-refractivity contribution in [2.45, 2.75) is 13.0 Å². The van der Waals surface area contributed by atoms with Crippen LogP contribution in [0.25, 0.3) is 0 Å². The average Bonchev–Trinajstić information content (AvgIpc) is 2.07. The average molecular weight is 196 g/mol. The number of rotatable bonds is 0. The van der Waals surface area contributed by atoms with Gasteiger partial charge in [0.25, 0.3) is 0 Å². The zero-order chi connectivity index (χ0) is 10.3. The highest BCUT2D eigenvalue weighted by Crippen LogP contribution is 2.36. The van der Waals surface area contributed by atoms with Crippen molar-refractivity contribution in [3.05, 3.63) is 17.9 Å². The molecule has 1 atom stereocenters. The lowest BCUT2D eigenvalue weighted by Gasteiger charge is -2.32. The SMILES string of the molecule is CC1CN(C)c2cc(N)cc(F)c2O1. The number of nitrogens with zero attached hydrogens (tertiary/aromatic N) is 1. The van der Waals surface area contributed by atoms with Crippen LogP contribution in [0.15, 0.2) is 12.1 Å². The topological polar surface area (TPSA) is 38.5 Å². The predicted molar refractivity (Wildman–Crippen MR) is 54.2 cm³/mol. The second-order valence-corrected chi connectivity index (χ2v) is 3.66. The molecule has 3 nitrogen and oxygen atoms in total. The first-order valence-electron chi connectivity index (χ1n) is 4.54. The minimum Gasteiger partial charge on any atom is -0.484 e. The molecule has 0 bridgehead atoms. The summed E-state index contributed by atoms with van der Waals surface area (Å²) in [6.45, 7) is 2.66. The van der Waals surface area contributed by atoms with Crippen LogP contribution in [-0.4, -0.2) is 19.7 Å². The summed E-state index contributed by atoms with van der Waals surface area (Å²) >= 11 is 0. The first-order chi connectivity index (χ1) is 6.58. The predicted octanol–water partition coefficient (Wildman–Crippen LogP) is 1.62. The molecular weight excluding hydrogens is 183 g/mol. The highest BCUT2D eigenvalue weighted by atomic mass is 19.1. The van der Waals surface area contributed by atoms with E-state index in [1.54, 1.807) is 6.07 Å². The number of nitrogens with two attached hydrogens (primary N) is 1. The number of likely N-dealkylation sites (N-methyl/N-ethyl adjacent to an activating group) is 1. The minimum atomic E-state index is -0.390. The van der Waals surface area contributed by atoms with Crippen molar-refractivity contribution in [1.29, 1.82) is 0 Å². The smallest absolute Gasteiger partial charge is 0.178 e. The minimum absolute atomic E-state index is 0.00521. The lowest BCUT2D eigenvalue weighted by atomic mass is 10.2. The standard InChI is InChI=1S/C10H13FN2O/c1-6-5-13(2)9-4-7(12)3-8(11)10(9)14-6/h3-4,6H,5,12H2,1-2H3. The van der Waals surface area contributed by atoms with Crippen molar-refractivity contribution in [2.75, 3.05) is 24.2 Å². The molecule has 1 heterocycles. The molecule has 0 saturated carbocycles. The molecule has 1 aliphatic rings. The van der Waals surface area contributed by atoms with Gasteiger partial charge in [-0.1, -0.05) is 0 Å². The Morgan fingerprint density at radius 2 is 2.29 bits per heavy atom. The van der Waals surface area contributed by atoms with Gasteiger partial charge in [-0.15, -0.1) is 0 Å². The van der Waals surface area contributed by atoms with Gasteiger partial charge in [0.05, 0.1) is 12.2 Å². The first-order valence-corrected chi connectivity index (χ1v) is 4.54. The number of ether oxygens (including phenoxy) is 1. The number of halogens is 1. The van der Waals surface area contributed by atoms with Crippen LogP contribution in [0.2, 0.25) is 0 Å². The van der Waals surface area contributed by atoms with Crippen LogP contribution in [0.4, 0.5) is 15.8 Å². The molecule has 2 N–H and O–H groups in total. The number of nitrogen functional groups attached to an aromatic ring is 1. The van der Waals surface area contributed by atoms with Gasteiger partial charge in [-0.05, 0) is 13.0 Å². The normalized spacial score (nSPS) is 20.2. The Kier molecular flexibility index (Phi) is 1.98. The van der Waals surface area contributed by atoms with Gasteiger partial charge in [0, 0.05) is 18.8 Å². The van der Waals surface area contributed by atoms with E-state index in [-0.39, 0.29) is 6.10 Å². The molecule has 0 aliphatic carbocycles. The Morgan fingerprint density at radius 1 is 1.57 bits per heavy atom. The lowest BCUT2D eigenvalue weighted by molar-refractivity contribution is 0.205. The molecular formula is C10H13FN2O. The third kappa shape index (κ3) is 1.36. The molecule has 0 radical (unpaired) electrons. The van der Waals surface area contributed by atoms with Gasteiger partial charge in [0.1, 0.15) is 6.10 Å². The number of benzene rings is 1. The fourth-order valence-electron chi connectivity index (χ4n) is 1.72. The number of hydrogen-bond acceptors (Lipinski definition) is 3. The zero-order valence-electron chi connectivity index (χ0n) is 8.25. The van der Waals surface area contributed by atoms with E-state index in [0.717, 1.165) is 12.2 Å². The van der Waals surface area contributed by atoms with E-state index in [1.165, 1.54) is 6.07 Å². The summed E-state index contributed by atoms with van der Waals surface area (Å²) in [6.07, 6.45) is 0.00521. The van der Waals surface area contributed by atoms with Gasteiger partial charge in [0.15, 0.2) is 11.6 Å². The number of fused-ring (bicyclic) bond motifs is 1. The Bertz CT molecular complexity index is 367. The maximum Gasteiger partial charge on any atom is 0.178 e. The maximum atomic E-state index is 13.4. The summed E-state index contributed by atoms with van der Waals surface area (Å²) in [5.74, 6) is -0.0844. The molecule has 0 fully saturated rings. The summed E-state index contributed by atoms with van der Waals surface area (Å²) in [5.41, 5.74) is 6.70. The number of hydrogen-bond donors (Lipinski definition) is 1. The van der Waals surface area contributed by atoms with Gasteiger partial charge in [-0.2, -0.15) is 0 Å². The molecule has 1 unspecified atom stereocenters. The summed E-state index contributed by atoms with van der Waals surface area (Å²) < 4.78 is 18.9. The van der Waals surface area contributed by atoms with Gasteiger partial charge in [0.2, 0.25) is 0 Å². The molecule has 2 rings (SSSR count). The lowest BCUT2D eigenvalue weighted by Crippen LogP contribution is -2.36. The summed E-state index contributed by atoms with van der Waals surface area (Å²) in [7, 11) is 1.90. The zero-order valence-corrected chi connectivity index (χ0v) is 8.25. The van der Waals surface area contributed by atoms with Crippen molar-refractivity contribution < 1.29 is 9.13 Å². The Hall–Kier alpha value is -1.45. The Morgan fingerprint density at radius 3 is 3.00 bits per heavy atom. The van der Waals surface area contributed by atoms with Gasteiger partial charge >= 0.3 is 0 Å². The van der Waals surface area contributed by atoms with Crippen molar-refractivity contribution in [1.82, 2.24) is 0 Å². The molecule has 1 aromatic carbocycles. The van der Waals surface area contributed by atoms with E-state index in [0.29, 0.717) is 11.4 Å². The third-order valence-electron chi connectivity index (χ3n) is 2.31. The molecule has 76 valence electrons. The molecule has 0 spiro atoms. The van der Waals surface area contributed by atoms with Crippen LogP contribution in [0.5, 0.6) is 5.75 Å². The van der Waals surface area contributed by atoms with Crippen LogP contribution in [0.3, 0.4) is 0 Å². The third-order valence-corrected chi connectivity index (χ3v) is 2.31. The quantitative estimate of drug-likeness (QED) is 0.641. The molecule has 14 heavy (non-hydrogen) atoms. The van der Waals surface area contributed by atoms with Crippen LogP contribution in [0, 0.1) is 5.82 Å². The van der Waals surface area contributed by atoms with Crippen molar-refractivity contribution >= 4 is 11.4 Å². The number of anilines is 2. The highest BCUT2D eigenvalue weighted by molar-refractivity contribution is 5.66. The van der Waals surface area contributed by atoms with Gasteiger partial charge in [-0.3, -0.25) is 0 Å². The second kappa shape index (κ2) is 3.04. The molecule has 4 heteroatoms. The van der Waals surface area contributed by atoms with E-state index in [4.69, 9.17) is 10.5 Å². The molecule has 1 aliphatic heterocycles.